The van der Waals surface area contributed by atoms with E-state index < -0.39 is 6.10 Å². The van der Waals surface area contributed by atoms with Gasteiger partial charge in [-0.2, -0.15) is 0 Å². The molecule has 0 heterocycles. The molecule has 2 rings (SSSR count). The average Bonchev–Trinajstić information content (AvgIpc) is 2.40. The van der Waals surface area contributed by atoms with E-state index in [1.54, 1.807) is 12.1 Å². The van der Waals surface area contributed by atoms with Gasteiger partial charge in [0.15, 0.2) is 0 Å². The average molecular weight is 257 g/mol. The van der Waals surface area contributed by atoms with Gasteiger partial charge in [-0.1, -0.05) is 53.8 Å². The third kappa shape index (κ3) is 3.63. The highest BCUT2D eigenvalue weighted by atomic mass is 35.5. The summed E-state index contributed by atoms with van der Waals surface area (Å²) in [6.45, 7) is 0. The maximum atomic E-state index is 9.94. The highest BCUT2D eigenvalue weighted by Crippen LogP contribution is 2.18. The van der Waals surface area contributed by atoms with Crippen LogP contribution in [0.4, 0.5) is 0 Å². The van der Waals surface area contributed by atoms with Crippen molar-refractivity contribution in [1.29, 1.82) is 0 Å². The standard InChI is InChI=1S/C16H13ClO/c17-15-11-9-14(10-12-15)16(18)8-4-7-13-5-2-1-3-6-13/h1-3,5-6,9-12,16,18H,8H2. The Hall–Kier alpha value is -1.75. The first-order valence-corrected chi connectivity index (χ1v) is 6.11. The Labute approximate surface area is 112 Å². The summed E-state index contributed by atoms with van der Waals surface area (Å²) in [5.74, 6) is 6.00. The third-order valence-corrected chi connectivity index (χ3v) is 2.81. The summed E-state index contributed by atoms with van der Waals surface area (Å²) in [7, 11) is 0. The van der Waals surface area contributed by atoms with Crippen LogP contribution >= 0.6 is 11.6 Å². The van der Waals surface area contributed by atoms with E-state index in [0.717, 1.165) is 11.1 Å². The minimum atomic E-state index is -0.571. The van der Waals surface area contributed by atoms with Crippen LogP contribution in [0.1, 0.15) is 23.7 Å². The molecule has 0 aliphatic heterocycles. The van der Waals surface area contributed by atoms with E-state index in [0.29, 0.717) is 11.4 Å². The van der Waals surface area contributed by atoms with E-state index in [1.165, 1.54) is 0 Å². The lowest BCUT2D eigenvalue weighted by Crippen LogP contribution is -1.95. The molecule has 1 nitrogen and oxygen atoms in total. The molecule has 0 fully saturated rings. The van der Waals surface area contributed by atoms with Crippen LogP contribution in [-0.2, 0) is 0 Å². The maximum absolute atomic E-state index is 9.94. The Kier molecular flexibility index (Phi) is 4.41. The number of benzene rings is 2. The van der Waals surface area contributed by atoms with Gasteiger partial charge in [-0.3, -0.25) is 0 Å². The summed E-state index contributed by atoms with van der Waals surface area (Å²) in [5.41, 5.74) is 1.79. The SMILES string of the molecule is OC(CC#Cc1ccccc1)c1ccc(Cl)cc1. The smallest absolute Gasteiger partial charge is 0.0899 e. The maximum Gasteiger partial charge on any atom is 0.0899 e. The molecule has 0 amide bonds. The molecule has 0 saturated heterocycles. The van der Waals surface area contributed by atoms with Crippen molar-refractivity contribution in [2.45, 2.75) is 12.5 Å². The molecule has 2 heteroatoms. The van der Waals surface area contributed by atoms with Gasteiger partial charge in [-0.15, -0.1) is 0 Å². The molecule has 90 valence electrons. The molecule has 1 atom stereocenters. The Balaban J connectivity index is 1.98. The zero-order valence-electron chi connectivity index (χ0n) is 9.81. The topological polar surface area (TPSA) is 20.2 Å². The molecule has 0 radical (unpaired) electrons. The largest absolute Gasteiger partial charge is 0.387 e. The number of hydrogen-bond acceptors (Lipinski definition) is 1. The first-order chi connectivity index (χ1) is 8.75. The number of aliphatic hydroxyl groups is 1. The molecule has 2 aromatic rings. The highest BCUT2D eigenvalue weighted by Gasteiger charge is 2.04. The van der Waals surface area contributed by atoms with Crippen LogP contribution in [-0.4, -0.2) is 5.11 Å². The molecule has 2 aromatic carbocycles. The lowest BCUT2D eigenvalue weighted by Gasteiger charge is -2.06. The first kappa shape index (κ1) is 12.7. The van der Waals surface area contributed by atoms with E-state index in [4.69, 9.17) is 11.6 Å². The minimum Gasteiger partial charge on any atom is -0.387 e. The molecular weight excluding hydrogens is 244 g/mol. The van der Waals surface area contributed by atoms with Crippen LogP contribution < -0.4 is 0 Å². The molecule has 1 N–H and O–H groups in total. The van der Waals surface area contributed by atoms with Crippen molar-refractivity contribution < 1.29 is 5.11 Å². The Morgan fingerprint density at radius 3 is 2.33 bits per heavy atom. The van der Waals surface area contributed by atoms with Crippen molar-refractivity contribution in [3.05, 3.63) is 70.7 Å². The van der Waals surface area contributed by atoms with Crippen LogP contribution in [0, 0.1) is 11.8 Å². The molecule has 0 aliphatic rings. The predicted molar refractivity (Wildman–Crippen MR) is 74.3 cm³/mol. The van der Waals surface area contributed by atoms with Gasteiger partial charge < -0.3 is 5.11 Å². The molecule has 1 unspecified atom stereocenters. The summed E-state index contributed by atoms with van der Waals surface area (Å²) in [5, 5.41) is 10.6. The van der Waals surface area contributed by atoms with Crippen LogP contribution in [0.3, 0.4) is 0 Å². The van der Waals surface area contributed by atoms with Crippen molar-refractivity contribution in [1.82, 2.24) is 0 Å². The summed E-state index contributed by atoms with van der Waals surface area (Å²) in [6.07, 6.45) is -0.158. The van der Waals surface area contributed by atoms with Crippen LogP contribution in [0.25, 0.3) is 0 Å². The zero-order valence-corrected chi connectivity index (χ0v) is 10.6. The number of aliphatic hydroxyl groups excluding tert-OH is 1. The molecule has 0 aromatic heterocycles. The molecular formula is C16H13ClO. The first-order valence-electron chi connectivity index (χ1n) is 5.73. The van der Waals surface area contributed by atoms with E-state index in [1.807, 2.05) is 42.5 Å². The molecule has 0 saturated carbocycles. The molecule has 0 spiro atoms. The van der Waals surface area contributed by atoms with Gasteiger partial charge >= 0.3 is 0 Å². The van der Waals surface area contributed by atoms with Gasteiger partial charge in [-0.25, -0.2) is 0 Å². The van der Waals surface area contributed by atoms with Gasteiger partial charge in [0.2, 0.25) is 0 Å². The summed E-state index contributed by atoms with van der Waals surface area (Å²) >= 11 is 5.79. The minimum absolute atomic E-state index is 0.413. The molecule has 0 bridgehead atoms. The number of hydrogen-bond donors (Lipinski definition) is 1. The second kappa shape index (κ2) is 6.26. The summed E-state index contributed by atoms with van der Waals surface area (Å²) in [4.78, 5) is 0. The van der Waals surface area contributed by atoms with E-state index >= 15 is 0 Å². The van der Waals surface area contributed by atoms with Gasteiger partial charge in [-0.05, 0) is 29.8 Å². The van der Waals surface area contributed by atoms with Gasteiger partial charge in [0, 0.05) is 17.0 Å². The fraction of sp³-hybridized carbons (Fsp3) is 0.125. The second-order valence-corrected chi connectivity index (χ2v) is 4.38. The lowest BCUT2D eigenvalue weighted by molar-refractivity contribution is 0.184. The van der Waals surface area contributed by atoms with Crippen molar-refractivity contribution >= 4 is 11.6 Å². The zero-order chi connectivity index (χ0) is 12.8. The van der Waals surface area contributed by atoms with Crippen molar-refractivity contribution in [3.8, 4) is 11.8 Å². The normalized spacial score (nSPS) is 11.4. The summed E-state index contributed by atoms with van der Waals surface area (Å²) in [6, 6.07) is 16.9. The quantitative estimate of drug-likeness (QED) is 0.810. The molecule has 18 heavy (non-hydrogen) atoms. The third-order valence-electron chi connectivity index (χ3n) is 2.56. The Morgan fingerprint density at radius 2 is 1.67 bits per heavy atom. The predicted octanol–water partition coefficient (Wildman–Crippen LogP) is 3.82. The fourth-order valence-electron chi connectivity index (χ4n) is 1.57. The van der Waals surface area contributed by atoms with Crippen LogP contribution in [0.2, 0.25) is 5.02 Å². The monoisotopic (exact) mass is 256 g/mol. The van der Waals surface area contributed by atoms with E-state index in [9.17, 15) is 5.11 Å². The van der Waals surface area contributed by atoms with Gasteiger partial charge in [0.25, 0.3) is 0 Å². The van der Waals surface area contributed by atoms with Crippen molar-refractivity contribution in [2.75, 3.05) is 0 Å². The van der Waals surface area contributed by atoms with Crippen molar-refractivity contribution in [2.24, 2.45) is 0 Å². The summed E-state index contributed by atoms with van der Waals surface area (Å²) < 4.78 is 0. The fourth-order valence-corrected chi connectivity index (χ4v) is 1.70. The van der Waals surface area contributed by atoms with Gasteiger partial charge in [0.05, 0.1) is 6.10 Å². The van der Waals surface area contributed by atoms with E-state index in [-0.39, 0.29) is 0 Å². The Bertz CT molecular complexity index is 549. The Morgan fingerprint density at radius 1 is 1.00 bits per heavy atom. The highest BCUT2D eigenvalue weighted by molar-refractivity contribution is 6.30. The van der Waals surface area contributed by atoms with Crippen LogP contribution in [0.15, 0.2) is 54.6 Å². The van der Waals surface area contributed by atoms with Crippen molar-refractivity contribution in [3.63, 3.8) is 0 Å². The van der Waals surface area contributed by atoms with E-state index in [2.05, 4.69) is 11.8 Å². The van der Waals surface area contributed by atoms with Crippen LogP contribution in [0.5, 0.6) is 0 Å². The molecule has 0 aliphatic carbocycles. The second-order valence-electron chi connectivity index (χ2n) is 3.94. The van der Waals surface area contributed by atoms with Gasteiger partial charge in [0.1, 0.15) is 0 Å². The number of rotatable bonds is 2. The number of halogens is 1. The lowest BCUT2D eigenvalue weighted by atomic mass is 10.1.